The van der Waals surface area contributed by atoms with Gasteiger partial charge in [-0.1, -0.05) is 17.7 Å². The molecule has 1 aromatic carbocycles. The molecule has 0 radical (unpaired) electrons. The van der Waals surface area contributed by atoms with Crippen LogP contribution in [0.3, 0.4) is 0 Å². The first-order valence-corrected chi connectivity index (χ1v) is 8.54. The second-order valence-corrected chi connectivity index (χ2v) is 6.24. The van der Waals surface area contributed by atoms with E-state index in [1.165, 1.54) is 17.1 Å². The molecule has 0 bridgehead atoms. The van der Waals surface area contributed by atoms with Crippen molar-refractivity contribution in [3.05, 3.63) is 59.1 Å². The number of nitrogens with zero attached hydrogens (tertiary/aromatic N) is 4. The highest BCUT2D eigenvalue weighted by atomic mass is 35.5. The van der Waals surface area contributed by atoms with E-state index in [1.54, 1.807) is 24.3 Å². The van der Waals surface area contributed by atoms with Crippen molar-refractivity contribution in [1.29, 1.82) is 0 Å². The molecule has 0 spiro atoms. The molecule has 0 aliphatic rings. The average Bonchev–Trinajstić information content (AvgIpc) is 3.27. The zero-order valence-corrected chi connectivity index (χ0v) is 15.4. The zero-order chi connectivity index (χ0) is 21.0. The predicted molar refractivity (Wildman–Crippen MR) is 95.1 cm³/mol. The van der Waals surface area contributed by atoms with E-state index in [4.69, 9.17) is 16.3 Å². The van der Waals surface area contributed by atoms with Crippen LogP contribution in [-0.4, -0.2) is 25.5 Å². The van der Waals surface area contributed by atoms with Crippen LogP contribution in [0.1, 0.15) is 24.2 Å². The number of carbonyl (C=O) groups is 1. The number of hydrogen-bond donors (Lipinski definition) is 1. The van der Waals surface area contributed by atoms with Crippen LogP contribution in [0.2, 0.25) is 5.02 Å². The monoisotopic (exact) mass is 431 g/mol. The fourth-order valence-corrected chi connectivity index (χ4v) is 2.57. The Kier molecular flexibility index (Phi) is 6.37. The molecule has 154 valence electrons. The molecule has 0 fully saturated rings. The summed E-state index contributed by atoms with van der Waals surface area (Å²) >= 11 is 5.86. The molecule has 0 aliphatic carbocycles. The van der Waals surface area contributed by atoms with Crippen LogP contribution in [-0.2, 0) is 18.1 Å². The van der Waals surface area contributed by atoms with E-state index in [0.29, 0.717) is 21.5 Å². The minimum absolute atomic E-state index is 0.0304. The highest BCUT2D eigenvalue weighted by Crippen LogP contribution is 2.25. The number of ether oxygens (including phenoxy) is 1. The van der Waals surface area contributed by atoms with E-state index in [0.717, 1.165) is 0 Å². The van der Waals surface area contributed by atoms with E-state index in [-0.39, 0.29) is 12.4 Å². The Hall–Kier alpha value is -3.08. The SMILES string of the molecule is O=C(Cn1nc(C(F)F)cc1C(F)F)Nc1cnn(COc2cccc(Cl)c2)c1. The van der Waals surface area contributed by atoms with Crippen molar-refractivity contribution < 1.29 is 27.1 Å². The van der Waals surface area contributed by atoms with Gasteiger partial charge in [-0.3, -0.25) is 9.48 Å². The maximum Gasteiger partial charge on any atom is 0.282 e. The topological polar surface area (TPSA) is 74.0 Å². The summed E-state index contributed by atoms with van der Waals surface area (Å²) < 4.78 is 58.7. The average molecular weight is 432 g/mol. The number of benzene rings is 1. The lowest BCUT2D eigenvalue weighted by Crippen LogP contribution is -2.21. The number of alkyl halides is 4. The number of nitrogens with one attached hydrogen (secondary N) is 1. The molecule has 12 heteroatoms. The van der Waals surface area contributed by atoms with Gasteiger partial charge in [-0.15, -0.1) is 0 Å². The molecule has 0 unspecified atom stereocenters. The van der Waals surface area contributed by atoms with E-state index < -0.39 is 36.7 Å². The van der Waals surface area contributed by atoms with Gasteiger partial charge in [0.15, 0.2) is 6.73 Å². The lowest BCUT2D eigenvalue weighted by atomic mass is 10.3. The zero-order valence-electron chi connectivity index (χ0n) is 14.6. The number of hydrogen-bond acceptors (Lipinski definition) is 4. The molecule has 29 heavy (non-hydrogen) atoms. The number of amides is 1. The van der Waals surface area contributed by atoms with Crippen LogP contribution < -0.4 is 10.1 Å². The largest absolute Gasteiger partial charge is 0.471 e. The summed E-state index contributed by atoms with van der Waals surface area (Å²) in [6.45, 7) is -0.626. The van der Waals surface area contributed by atoms with Crippen LogP contribution in [0.15, 0.2) is 42.7 Å². The molecule has 0 saturated carbocycles. The van der Waals surface area contributed by atoms with E-state index in [2.05, 4.69) is 15.5 Å². The lowest BCUT2D eigenvalue weighted by Gasteiger charge is -2.07. The standard InChI is InChI=1S/C17H14ClF4N5O2/c18-10-2-1-3-12(4-10)29-9-26-7-11(6-23-26)24-15(28)8-27-14(17(21)22)5-13(25-27)16(19)20/h1-7,16-17H,8-9H2,(H,24,28). The van der Waals surface area contributed by atoms with Gasteiger partial charge in [0.05, 0.1) is 18.1 Å². The van der Waals surface area contributed by atoms with E-state index in [1.807, 2.05) is 0 Å². The highest BCUT2D eigenvalue weighted by Gasteiger charge is 2.22. The summed E-state index contributed by atoms with van der Waals surface area (Å²) in [5.74, 6) is -0.210. The normalized spacial score (nSPS) is 11.3. The van der Waals surface area contributed by atoms with Crippen LogP contribution in [0.5, 0.6) is 5.75 Å². The number of halogens is 5. The van der Waals surface area contributed by atoms with Crippen molar-refractivity contribution in [3.63, 3.8) is 0 Å². The molecule has 2 aromatic heterocycles. The Morgan fingerprint density at radius 1 is 1.21 bits per heavy atom. The summed E-state index contributed by atoms with van der Waals surface area (Å²) in [7, 11) is 0. The van der Waals surface area contributed by atoms with Gasteiger partial charge in [0, 0.05) is 5.02 Å². The molecule has 0 saturated heterocycles. The maximum atomic E-state index is 13.0. The van der Waals surface area contributed by atoms with E-state index in [9.17, 15) is 22.4 Å². The molecular weight excluding hydrogens is 418 g/mol. The minimum Gasteiger partial charge on any atom is -0.471 e. The molecule has 7 nitrogen and oxygen atoms in total. The van der Waals surface area contributed by atoms with Gasteiger partial charge in [-0.2, -0.15) is 10.2 Å². The molecule has 1 amide bonds. The van der Waals surface area contributed by atoms with Gasteiger partial charge in [-0.25, -0.2) is 22.2 Å². The first-order chi connectivity index (χ1) is 13.8. The predicted octanol–water partition coefficient (Wildman–Crippen LogP) is 4.28. The summed E-state index contributed by atoms with van der Waals surface area (Å²) in [6.07, 6.45) is -3.30. The number of anilines is 1. The minimum atomic E-state index is -3.05. The Morgan fingerprint density at radius 2 is 2.00 bits per heavy atom. The van der Waals surface area contributed by atoms with Gasteiger partial charge in [0.25, 0.3) is 12.9 Å². The quantitative estimate of drug-likeness (QED) is 0.540. The fourth-order valence-electron chi connectivity index (χ4n) is 2.39. The van der Waals surface area contributed by atoms with Crippen molar-refractivity contribution in [2.45, 2.75) is 26.1 Å². The number of rotatable bonds is 8. The summed E-state index contributed by atoms with van der Waals surface area (Å²) in [5, 5.41) is 10.3. The molecule has 2 heterocycles. The second-order valence-electron chi connectivity index (χ2n) is 5.80. The molecule has 3 aromatic rings. The first-order valence-electron chi connectivity index (χ1n) is 8.16. The number of aromatic nitrogens is 4. The van der Waals surface area contributed by atoms with Crippen molar-refractivity contribution in [1.82, 2.24) is 19.6 Å². The molecule has 3 rings (SSSR count). The highest BCUT2D eigenvalue weighted by molar-refractivity contribution is 6.30. The Bertz CT molecular complexity index is 992. The Balaban J connectivity index is 1.59. The smallest absolute Gasteiger partial charge is 0.282 e. The summed E-state index contributed by atoms with van der Waals surface area (Å²) in [6, 6.07) is 7.31. The van der Waals surface area contributed by atoms with Gasteiger partial charge < -0.3 is 10.1 Å². The van der Waals surface area contributed by atoms with Crippen LogP contribution >= 0.6 is 11.6 Å². The molecular formula is C17H14ClF4N5O2. The first kappa shape index (κ1) is 20.6. The van der Waals surface area contributed by atoms with Gasteiger partial charge in [-0.05, 0) is 24.3 Å². The Morgan fingerprint density at radius 3 is 2.69 bits per heavy atom. The van der Waals surface area contributed by atoms with Crippen LogP contribution in [0, 0.1) is 0 Å². The van der Waals surface area contributed by atoms with Crippen LogP contribution in [0.4, 0.5) is 23.2 Å². The van der Waals surface area contributed by atoms with Crippen molar-refractivity contribution >= 4 is 23.2 Å². The fraction of sp³-hybridized carbons (Fsp3) is 0.235. The third-order valence-corrected chi connectivity index (χ3v) is 3.88. The molecule has 0 aliphatic heterocycles. The molecule has 1 N–H and O–H groups in total. The summed E-state index contributed by atoms with van der Waals surface area (Å²) in [4.78, 5) is 12.1. The Labute approximate surface area is 166 Å². The van der Waals surface area contributed by atoms with Gasteiger partial charge in [0.1, 0.15) is 23.7 Å². The third-order valence-electron chi connectivity index (χ3n) is 3.65. The van der Waals surface area contributed by atoms with Gasteiger partial charge in [0.2, 0.25) is 5.91 Å². The lowest BCUT2D eigenvalue weighted by molar-refractivity contribution is -0.117. The third kappa shape index (κ3) is 5.47. The van der Waals surface area contributed by atoms with Crippen molar-refractivity contribution in [2.24, 2.45) is 0 Å². The maximum absolute atomic E-state index is 13.0. The van der Waals surface area contributed by atoms with Crippen molar-refractivity contribution in [3.8, 4) is 5.75 Å². The second kappa shape index (κ2) is 8.95. The van der Waals surface area contributed by atoms with Gasteiger partial charge >= 0.3 is 0 Å². The van der Waals surface area contributed by atoms with Crippen molar-refractivity contribution in [2.75, 3.05) is 5.32 Å². The van der Waals surface area contributed by atoms with E-state index >= 15 is 0 Å². The number of carbonyl (C=O) groups excluding carboxylic acids is 1. The van der Waals surface area contributed by atoms with Crippen LogP contribution in [0.25, 0.3) is 0 Å². The molecule has 0 atom stereocenters. The summed E-state index contributed by atoms with van der Waals surface area (Å²) in [5.41, 5.74) is -1.32.